The summed E-state index contributed by atoms with van der Waals surface area (Å²) in [6.07, 6.45) is 3.46. The van der Waals surface area contributed by atoms with Crippen LogP contribution in [0.2, 0.25) is 0 Å². The first-order valence-corrected chi connectivity index (χ1v) is 4.15. The first kappa shape index (κ1) is 8.06. The first-order chi connectivity index (χ1) is 4.50. The molecular weight excluding hydrogens is 124 g/mol. The van der Waals surface area contributed by atoms with E-state index >= 15 is 0 Å². The van der Waals surface area contributed by atoms with E-state index in [2.05, 4.69) is 27.7 Å². The molecular formula is C9H18O. The third-order valence-corrected chi connectivity index (χ3v) is 2.20. The minimum atomic E-state index is 0.338. The van der Waals surface area contributed by atoms with Crippen molar-refractivity contribution < 1.29 is 4.74 Å². The molecule has 1 rings (SSSR count). The van der Waals surface area contributed by atoms with Crippen LogP contribution in [0.5, 0.6) is 0 Å². The second-order valence-electron chi connectivity index (χ2n) is 4.38. The lowest BCUT2D eigenvalue weighted by molar-refractivity contribution is -0.00812. The van der Waals surface area contributed by atoms with Crippen molar-refractivity contribution in [2.24, 2.45) is 5.41 Å². The first-order valence-electron chi connectivity index (χ1n) is 4.15. The third-order valence-electron chi connectivity index (χ3n) is 2.20. The molecule has 60 valence electrons. The smallest absolute Gasteiger partial charge is 0.0627 e. The molecule has 1 aliphatic heterocycles. The van der Waals surface area contributed by atoms with Crippen LogP contribution in [-0.2, 0) is 4.74 Å². The van der Waals surface area contributed by atoms with E-state index < -0.39 is 0 Å². The fourth-order valence-electron chi connectivity index (χ4n) is 1.44. The van der Waals surface area contributed by atoms with E-state index in [1.54, 1.807) is 0 Å². The fraction of sp³-hybridized carbons (Fsp3) is 1.00. The molecule has 1 fully saturated rings. The molecule has 0 aromatic carbocycles. The topological polar surface area (TPSA) is 9.23 Å². The second kappa shape index (κ2) is 2.54. The molecule has 0 N–H and O–H groups in total. The van der Waals surface area contributed by atoms with Crippen LogP contribution in [0.25, 0.3) is 0 Å². The lowest BCUT2D eigenvalue weighted by atomic mass is 9.87. The summed E-state index contributed by atoms with van der Waals surface area (Å²) in [5.74, 6) is 0. The van der Waals surface area contributed by atoms with E-state index in [1.807, 2.05) is 0 Å². The largest absolute Gasteiger partial charge is 0.375 e. The van der Waals surface area contributed by atoms with Crippen LogP contribution < -0.4 is 0 Å². The van der Waals surface area contributed by atoms with Crippen molar-refractivity contribution in [1.29, 1.82) is 0 Å². The van der Waals surface area contributed by atoms with Crippen molar-refractivity contribution in [2.75, 3.05) is 0 Å². The molecule has 10 heavy (non-hydrogen) atoms. The van der Waals surface area contributed by atoms with Crippen molar-refractivity contribution in [3.63, 3.8) is 0 Å². The maximum atomic E-state index is 5.73. The predicted octanol–water partition coefficient (Wildman–Crippen LogP) is 2.60. The van der Waals surface area contributed by atoms with Gasteiger partial charge >= 0.3 is 0 Å². The van der Waals surface area contributed by atoms with Gasteiger partial charge in [0.05, 0.1) is 12.2 Å². The molecule has 1 heteroatoms. The Labute approximate surface area is 63.8 Å². The third kappa shape index (κ3) is 1.72. The monoisotopic (exact) mass is 142 g/mol. The SMILES string of the molecule is C[C@@H]1CC[C@H](C(C)(C)C)O1. The molecule has 2 atom stereocenters. The molecule has 0 bridgehead atoms. The van der Waals surface area contributed by atoms with E-state index in [4.69, 9.17) is 4.74 Å². The molecule has 0 amide bonds. The molecule has 1 nitrogen and oxygen atoms in total. The van der Waals surface area contributed by atoms with Gasteiger partial charge < -0.3 is 4.74 Å². The Balaban J connectivity index is 2.45. The molecule has 0 aliphatic carbocycles. The van der Waals surface area contributed by atoms with Crippen molar-refractivity contribution in [1.82, 2.24) is 0 Å². The maximum absolute atomic E-state index is 5.73. The Morgan fingerprint density at radius 1 is 1.20 bits per heavy atom. The van der Waals surface area contributed by atoms with Gasteiger partial charge in [-0.15, -0.1) is 0 Å². The highest BCUT2D eigenvalue weighted by Gasteiger charge is 2.31. The van der Waals surface area contributed by atoms with Gasteiger partial charge in [0.2, 0.25) is 0 Å². The van der Waals surface area contributed by atoms with Gasteiger partial charge in [-0.05, 0) is 25.2 Å². The van der Waals surface area contributed by atoms with Gasteiger partial charge in [0.25, 0.3) is 0 Å². The van der Waals surface area contributed by atoms with Crippen LogP contribution in [0.3, 0.4) is 0 Å². The number of rotatable bonds is 0. The molecule has 1 heterocycles. The highest BCUT2D eigenvalue weighted by molar-refractivity contribution is 4.80. The molecule has 0 aromatic rings. The fourth-order valence-corrected chi connectivity index (χ4v) is 1.44. The van der Waals surface area contributed by atoms with Crippen molar-refractivity contribution in [3.05, 3.63) is 0 Å². The van der Waals surface area contributed by atoms with E-state index in [1.165, 1.54) is 12.8 Å². The standard InChI is InChI=1S/C9H18O/c1-7-5-6-8(10-7)9(2,3)4/h7-8H,5-6H2,1-4H3/t7-,8-/m1/s1. The Kier molecular flexibility index (Phi) is 2.04. The van der Waals surface area contributed by atoms with Gasteiger partial charge in [0.1, 0.15) is 0 Å². The average Bonchev–Trinajstić information content (AvgIpc) is 2.11. The number of hydrogen-bond donors (Lipinski definition) is 0. The Hall–Kier alpha value is -0.0400. The number of ether oxygens (including phenoxy) is 1. The molecule has 1 aliphatic rings. The zero-order valence-electron chi connectivity index (χ0n) is 7.48. The minimum absolute atomic E-state index is 0.338. The molecule has 0 aromatic heterocycles. The molecule has 1 saturated heterocycles. The van der Waals surface area contributed by atoms with Crippen LogP contribution >= 0.6 is 0 Å². The molecule has 0 saturated carbocycles. The lowest BCUT2D eigenvalue weighted by Gasteiger charge is -2.26. The summed E-state index contributed by atoms with van der Waals surface area (Å²) >= 11 is 0. The zero-order chi connectivity index (χ0) is 7.78. The Morgan fingerprint density at radius 2 is 1.80 bits per heavy atom. The lowest BCUT2D eigenvalue weighted by Crippen LogP contribution is -2.25. The van der Waals surface area contributed by atoms with Gasteiger partial charge in [0, 0.05) is 0 Å². The summed E-state index contributed by atoms with van der Waals surface area (Å²) in [6, 6.07) is 0. The predicted molar refractivity (Wildman–Crippen MR) is 43.0 cm³/mol. The van der Waals surface area contributed by atoms with Crippen LogP contribution in [0.1, 0.15) is 40.5 Å². The number of hydrogen-bond acceptors (Lipinski definition) is 1. The summed E-state index contributed by atoms with van der Waals surface area (Å²) in [5, 5.41) is 0. The van der Waals surface area contributed by atoms with Crippen LogP contribution in [0.15, 0.2) is 0 Å². The van der Waals surface area contributed by atoms with Gasteiger partial charge in [-0.2, -0.15) is 0 Å². The quantitative estimate of drug-likeness (QED) is 0.505. The van der Waals surface area contributed by atoms with Crippen molar-refractivity contribution in [3.8, 4) is 0 Å². The molecule has 0 spiro atoms. The highest BCUT2D eigenvalue weighted by atomic mass is 16.5. The van der Waals surface area contributed by atoms with Gasteiger partial charge in [-0.1, -0.05) is 20.8 Å². The van der Waals surface area contributed by atoms with Crippen LogP contribution in [-0.4, -0.2) is 12.2 Å². The summed E-state index contributed by atoms with van der Waals surface area (Å²) < 4.78 is 5.73. The van der Waals surface area contributed by atoms with Gasteiger partial charge in [0.15, 0.2) is 0 Å². The summed E-state index contributed by atoms with van der Waals surface area (Å²) in [5.41, 5.74) is 0.338. The van der Waals surface area contributed by atoms with E-state index in [-0.39, 0.29) is 0 Å². The van der Waals surface area contributed by atoms with Crippen LogP contribution in [0, 0.1) is 5.41 Å². The summed E-state index contributed by atoms with van der Waals surface area (Å²) in [6.45, 7) is 8.90. The second-order valence-corrected chi connectivity index (χ2v) is 4.38. The normalized spacial score (nSPS) is 34.8. The van der Waals surface area contributed by atoms with E-state index in [9.17, 15) is 0 Å². The maximum Gasteiger partial charge on any atom is 0.0627 e. The Morgan fingerprint density at radius 3 is 2.00 bits per heavy atom. The van der Waals surface area contributed by atoms with E-state index in [0.29, 0.717) is 17.6 Å². The van der Waals surface area contributed by atoms with Crippen LogP contribution in [0.4, 0.5) is 0 Å². The van der Waals surface area contributed by atoms with Gasteiger partial charge in [-0.3, -0.25) is 0 Å². The minimum Gasteiger partial charge on any atom is -0.375 e. The van der Waals surface area contributed by atoms with Gasteiger partial charge in [-0.25, -0.2) is 0 Å². The van der Waals surface area contributed by atoms with Crippen molar-refractivity contribution >= 4 is 0 Å². The molecule has 0 radical (unpaired) electrons. The molecule has 0 unspecified atom stereocenters. The highest BCUT2D eigenvalue weighted by Crippen LogP contribution is 2.32. The summed E-state index contributed by atoms with van der Waals surface area (Å²) in [7, 11) is 0. The Bertz CT molecular complexity index is 112. The zero-order valence-corrected chi connectivity index (χ0v) is 7.48. The average molecular weight is 142 g/mol. The van der Waals surface area contributed by atoms with E-state index in [0.717, 1.165) is 0 Å². The van der Waals surface area contributed by atoms with Crippen molar-refractivity contribution in [2.45, 2.75) is 52.7 Å². The summed E-state index contributed by atoms with van der Waals surface area (Å²) in [4.78, 5) is 0.